The van der Waals surface area contributed by atoms with Crippen LogP contribution in [0.4, 0.5) is 0 Å². The van der Waals surface area contributed by atoms with Crippen LogP contribution >= 0.6 is 56.8 Å². The van der Waals surface area contributed by atoms with Crippen molar-refractivity contribution in [2.75, 3.05) is 75.6 Å². The van der Waals surface area contributed by atoms with Crippen molar-refractivity contribution in [2.24, 2.45) is 23.7 Å². The maximum Gasteiger partial charge on any atom is 2.00 e. The van der Waals surface area contributed by atoms with Gasteiger partial charge in [0.25, 0.3) is 0 Å². The number of rotatable bonds is 31. The first-order chi connectivity index (χ1) is 51.8. The Morgan fingerprint density at radius 3 is 1.11 bits per heavy atom. The molecule has 0 bridgehead atoms. The zero-order valence-electron chi connectivity index (χ0n) is 68.9. The van der Waals surface area contributed by atoms with Gasteiger partial charge in [-0.15, -0.1) is 0 Å². The summed E-state index contributed by atoms with van der Waals surface area (Å²) in [5.41, 5.74) is 0. The molecule has 113 heavy (non-hydrogen) atoms. The summed E-state index contributed by atoms with van der Waals surface area (Å²) in [4.78, 5) is 140. The minimum absolute atomic E-state index is 0. The first kappa shape index (κ1) is 132. The second-order valence-corrected chi connectivity index (χ2v) is 27.0. The van der Waals surface area contributed by atoms with Crippen molar-refractivity contribution >= 4 is 134 Å². The molecule has 0 aromatic rings. The van der Waals surface area contributed by atoms with Gasteiger partial charge in [0.15, 0.2) is 43.3 Å². The summed E-state index contributed by atoms with van der Waals surface area (Å²) >= 11 is 7.75. The number of hydrogen-bond acceptors (Lipinski definition) is 34. The van der Waals surface area contributed by atoms with Gasteiger partial charge in [-0.25, -0.2) is 19.2 Å². The molecule has 4 aliphatic rings. The van der Waals surface area contributed by atoms with Crippen LogP contribution in [0.15, 0.2) is 60.8 Å². The van der Waals surface area contributed by atoms with Crippen LogP contribution in [-0.4, -0.2) is 236 Å². The van der Waals surface area contributed by atoms with E-state index in [2.05, 4.69) is 84.8 Å². The van der Waals surface area contributed by atoms with E-state index < -0.39 is 81.7 Å². The van der Waals surface area contributed by atoms with Crippen molar-refractivity contribution in [1.29, 1.82) is 0 Å². The summed E-state index contributed by atoms with van der Waals surface area (Å²) in [6.07, 6.45) is 10.1. The van der Waals surface area contributed by atoms with Crippen LogP contribution in [0.3, 0.4) is 0 Å². The number of carbonyl (C=O) groups excluding carboxylic acids is 13. The largest absolute Gasteiger partial charge is 2.00 e. The van der Waals surface area contributed by atoms with Gasteiger partial charge in [0.1, 0.15) is 39.0 Å². The molecule has 0 radical (unpaired) electrons. The van der Waals surface area contributed by atoms with Gasteiger partial charge in [0, 0.05) is 85.9 Å². The summed E-state index contributed by atoms with van der Waals surface area (Å²) in [6.45, 7) is 36.8. The number of carbonyl (C=O) groups is 13. The third-order valence-corrected chi connectivity index (χ3v) is 11.0. The molecular weight excluding hydrogens is 1850 g/mol. The molecule has 2 saturated carbocycles. The average molecular weight is 1980 g/mol. The molecule has 34 nitrogen and oxygen atoms in total. The molecule has 4 fully saturated rings. The Morgan fingerprint density at radius 2 is 0.823 bits per heavy atom. The predicted octanol–water partition coefficient (Wildman–Crippen LogP) is 5.52. The predicted molar refractivity (Wildman–Crippen MR) is 417 cm³/mol. The summed E-state index contributed by atoms with van der Waals surface area (Å²) in [6, 6.07) is 0. The summed E-state index contributed by atoms with van der Waals surface area (Å²) in [5, 5.41) is 23.8. The second-order valence-electron chi connectivity index (χ2n) is 21.8. The van der Waals surface area contributed by atoms with Crippen molar-refractivity contribution in [2.45, 2.75) is 213 Å². The van der Waals surface area contributed by atoms with E-state index in [0.717, 1.165) is 19.1 Å². The minimum Gasteiger partial charge on any atom is 2.00 e. The number of halogens is 3. The molecule has 2 heterocycles. The minimum atomic E-state index is -1.44. The number of hydrogen-bond donors (Lipinski definition) is 3. The average Bonchev–Trinajstić information content (AvgIpc) is 1.62. The van der Waals surface area contributed by atoms with Gasteiger partial charge in [-0.3, -0.25) is 38.4 Å². The first-order valence-electron chi connectivity index (χ1n) is 33.8. The molecule has 0 aromatic carbocycles. The molecule has 2 saturated heterocycles. The maximum absolute atomic E-state index is 12.2. The van der Waals surface area contributed by atoms with E-state index in [1.165, 1.54) is 93.4 Å². The van der Waals surface area contributed by atoms with Crippen LogP contribution in [0.1, 0.15) is 146 Å². The smallest absolute Gasteiger partial charge is 2.00 e. The number of aliphatic hydroxyl groups is 3. The summed E-state index contributed by atoms with van der Waals surface area (Å²) < 4.78 is 98.8. The molecule has 3 N–H and O–H groups in total. The maximum atomic E-state index is 12.2. The standard InChI is InChI=1S/C17H26O8.C16H24O8.C9H16O4.C7H10O3.C6H10O3.C6H8O3.C4H8O2.C2H3ClO.2C2H5.CH2I2.CH4.Mn.Na.2O.Zn.H/c1-8(2)22-15(19)13-14(16(20)23-9(3)4)25-17(24-13)12-6-11(12)7-21-10(5)18;1-9(2)21-15(18)13-14(16(19)22-10(3)4)24-12(23-13)7-6-8-20-11(5)17;1-4-12-9(11-3)6-5-7-13-8(2)10;1-5(9)10-4-7-2-6(7)3-8;2*1-6(8)9-5-3-2-4-7;5-3-1-2-4-6;1-2(3)4;2*1-2;2-1-3;;;;;;;/h8-9,11-14,17H,6-7H2,1-5H3;6-7,9-10,12-14H,8H2,1-5H3;5-6,9H,4,7H2,1-3H3;3,6-7H,2,4H2,1H3;2-3,7H,4-5H2,1H3;2-4H,5H2,1H3;1-2,5-6H,3-4H2;1H3;2*1H2,2H3;1H2;1H4;;;;;;/q;;;;;;;;2*-1;;;;+1;;;+2;-1/b;7-6+;6-5+;;2*3-2+;2-1+;;;;;;;;;;;/t11-,12?,13+,14+;13-,14-;;6-,7-;;;;;;;;;;;;;;/m01.0............../s1. The van der Waals surface area contributed by atoms with E-state index in [0.29, 0.717) is 25.4 Å². The SMILES string of the molecule is C.CC(=O)Cl.CC(=O)OC/C=C/C1O[C@@H](C(=O)OC(C)C)[C@H](C(=O)OC(C)C)O1.CC(=O)OC/C=C/C=O.CC(=O)OC/C=C/CO.CC(=O)OC[C@@H]1CC1C1O[C@@H](C(=O)OC(C)C)[C@H](C(=O)OC(C)C)O1.CC(=O)OC[C@@H]1C[C@H]1C=O.CCOC(/C=C/COC(C)=O)OC.ICI.OC/C=C/CO.[CH2-]C.[CH2-]C.[H-].[Na+].[O]=[Mn]=[O].[Zn+2]. The topological polar surface area (TPSA) is 464 Å². The number of ether oxygens (including phenoxy) is 16. The summed E-state index contributed by atoms with van der Waals surface area (Å²) in [5.74, 6) is -4.18. The van der Waals surface area contributed by atoms with Gasteiger partial charge in [-0.05, 0) is 129 Å². The molecule has 4 rings (SSSR count). The van der Waals surface area contributed by atoms with Gasteiger partial charge < -0.3 is 111 Å². The van der Waals surface area contributed by atoms with Crippen molar-refractivity contribution in [3.63, 3.8) is 0 Å². The van der Waals surface area contributed by atoms with Crippen LogP contribution < -0.4 is 29.6 Å². The summed E-state index contributed by atoms with van der Waals surface area (Å²) in [7, 11) is 1.55. The monoisotopic (exact) mass is 1970 g/mol. The van der Waals surface area contributed by atoms with Crippen LogP contribution in [0.2, 0.25) is 0 Å². The van der Waals surface area contributed by atoms with Crippen LogP contribution in [-0.2, 0) is 180 Å². The normalized spacial score (nSPS) is 17.8. The Hall–Kier alpha value is -4.46. The third-order valence-electron chi connectivity index (χ3n) is 11.0. The fraction of sp³-hybridized carbons (Fsp3) is 0.658. The van der Waals surface area contributed by atoms with Crippen molar-refractivity contribution < 1.29 is 226 Å². The molecule has 2 aliphatic carbocycles. The van der Waals surface area contributed by atoms with E-state index >= 15 is 0 Å². The Balaban J connectivity index is -0.000000107. The third kappa shape index (κ3) is 92.9. The number of esters is 10. The van der Waals surface area contributed by atoms with Crippen LogP contribution in [0.25, 0.3) is 0 Å². The fourth-order valence-electron chi connectivity index (χ4n) is 6.77. The Bertz CT molecular complexity index is 2640. The zero-order valence-corrected chi connectivity index (χ0v) is 79.1. The molecule has 649 valence electrons. The van der Waals surface area contributed by atoms with E-state index in [9.17, 15) is 62.3 Å². The second kappa shape index (κ2) is 91.4. The van der Waals surface area contributed by atoms with Gasteiger partial charge in [-0.1, -0.05) is 70.8 Å². The Kier molecular flexibility index (Phi) is 107. The number of allylic oxidation sites excluding steroid dienone is 1. The van der Waals surface area contributed by atoms with Gasteiger partial charge in [0.05, 0.1) is 59.9 Å². The van der Waals surface area contributed by atoms with E-state index in [1.807, 2.05) is 6.92 Å². The van der Waals surface area contributed by atoms with Gasteiger partial charge in [-0.2, -0.15) is 13.8 Å². The van der Waals surface area contributed by atoms with E-state index in [1.54, 1.807) is 94.6 Å². The fourth-order valence-corrected chi connectivity index (χ4v) is 6.77. The molecule has 0 spiro atoms. The molecule has 2 unspecified atom stereocenters. The number of aliphatic hydroxyl groups excluding tert-OH is 3. The van der Waals surface area contributed by atoms with E-state index in [-0.39, 0.29) is 194 Å². The molecule has 0 aromatic heterocycles. The van der Waals surface area contributed by atoms with Gasteiger partial charge in [0.2, 0.25) is 5.24 Å². The zero-order chi connectivity index (χ0) is 86.7. The number of alkyl halides is 2. The van der Waals surface area contributed by atoms with Crippen molar-refractivity contribution in [3.05, 3.63) is 74.6 Å². The molecule has 40 heteroatoms. The van der Waals surface area contributed by atoms with Crippen LogP contribution in [0, 0.1) is 37.5 Å². The molecular formula is C73H122ClI2MnNaO34Zn. The Labute approximate surface area is 741 Å². The van der Waals surface area contributed by atoms with Gasteiger partial charge >= 0.3 is 131 Å². The quantitative estimate of drug-likeness (QED) is 0.00657. The first-order valence-corrected chi connectivity index (χ1v) is 38.2. The van der Waals surface area contributed by atoms with Crippen molar-refractivity contribution in [1.82, 2.24) is 0 Å². The van der Waals surface area contributed by atoms with E-state index in [4.69, 9.17) is 84.6 Å². The number of methoxy groups -OCH3 is 1. The van der Waals surface area contributed by atoms with Crippen molar-refractivity contribution in [3.8, 4) is 0 Å². The molecule has 2 aliphatic heterocycles. The van der Waals surface area contributed by atoms with Crippen LogP contribution in [0.5, 0.6) is 0 Å². The molecule has 9 atom stereocenters. The Morgan fingerprint density at radius 1 is 0.522 bits per heavy atom. The number of aldehydes is 2. The molecule has 0 amide bonds.